The third-order valence-electron chi connectivity index (χ3n) is 4.96. The quantitative estimate of drug-likeness (QED) is 0.456. The van der Waals surface area contributed by atoms with Crippen molar-refractivity contribution in [1.29, 1.82) is 0 Å². The summed E-state index contributed by atoms with van der Waals surface area (Å²) in [4.78, 5) is 4.30. The van der Waals surface area contributed by atoms with E-state index in [2.05, 4.69) is 34.7 Å². The Morgan fingerprint density at radius 2 is 1.53 bits per heavy atom. The van der Waals surface area contributed by atoms with Crippen molar-refractivity contribution in [3.63, 3.8) is 0 Å². The summed E-state index contributed by atoms with van der Waals surface area (Å²) in [5, 5.41) is 6.69. The monoisotopic (exact) mass is 415 g/mol. The number of methoxy groups -OCH3 is 4. The number of hydrogen-bond acceptors (Lipinski definition) is 5. The third kappa shape index (κ3) is 6.20. The first kappa shape index (κ1) is 23.2. The number of rotatable bonds is 10. The van der Waals surface area contributed by atoms with Gasteiger partial charge in [0.2, 0.25) is 5.75 Å². The second kappa shape index (κ2) is 11.8. The van der Waals surface area contributed by atoms with Gasteiger partial charge in [0.1, 0.15) is 5.75 Å². The molecule has 0 heterocycles. The van der Waals surface area contributed by atoms with E-state index in [1.54, 1.807) is 35.5 Å². The zero-order chi connectivity index (χ0) is 21.9. The van der Waals surface area contributed by atoms with Crippen molar-refractivity contribution in [1.82, 2.24) is 10.6 Å². The van der Waals surface area contributed by atoms with Gasteiger partial charge in [-0.15, -0.1) is 0 Å². The van der Waals surface area contributed by atoms with Crippen molar-refractivity contribution in [2.24, 2.45) is 4.99 Å². The third-order valence-corrected chi connectivity index (χ3v) is 4.96. The molecule has 2 aromatic carbocycles. The van der Waals surface area contributed by atoms with E-state index in [4.69, 9.17) is 18.9 Å². The predicted octanol–water partition coefficient (Wildman–Crippen LogP) is 3.58. The van der Waals surface area contributed by atoms with Crippen molar-refractivity contribution in [2.75, 3.05) is 42.0 Å². The summed E-state index contributed by atoms with van der Waals surface area (Å²) in [7, 11) is 8.26. The molecule has 0 aliphatic carbocycles. The molecule has 1 atom stereocenters. The first-order valence-corrected chi connectivity index (χ1v) is 9.93. The fraction of sp³-hybridized carbons (Fsp3) is 0.435. The van der Waals surface area contributed by atoms with Gasteiger partial charge in [-0.1, -0.05) is 19.1 Å². The van der Waals surface area contributed by atoms with Gasteiger partial charge in [0.05, 0.1) is 28.4 Å². The van der Waals surface area contributed by atoms with Crippen LogP contribution in [0.25, 0.3) is 0 Å². The van der Waals surface area contributed by atoms with Crippen molar-refractivity contribution in [2.45, 2.75) is 25.8 Å². The minimum atomic E-state index is 0.427. The molecule has 7 nitrogen and oxygen atoms in total. The molecule has 0 aromatic heterocycles. The topological polar surface area (TPSA) is 73.3 Å². The highest BCUT2D eigenvalue weighted by atomic mass is 16.5. The van der Waals surface area contributed by atoms with Crippen LogP contribution in [0.4, 0.5) is 0 Å². The predicted molar refractivity (Wildman–Crippen MR) is 120 cm³/mol. The number of nitrogens with zero attached hydrogens (tertiary/aromatic N) is 1. The highest BCUT2D eigenvalue weighted by Gasteiger charge is 2.13. The molecule has 0 amide bonds. The van der Waals surface area contributed by atoms with E-state index in [1.165, 1.54) is 5.56 Å². The first-order valence-electron chi connectivity index (χ1n) is 9.93. The number of hydrogen-bond donors (Lipinski definition) is 2. The average molecular weight is 416 g/mol. The van der Waals surface area contributed by atoms with Crippen LogP contribution in [0.2, 0.25) is 0 Å². The van der Waals surface area contributed by atoms with Crippen LogP contribution in [0.15, 0.2) is 41.4 Å². The molecule has 0 saturated heterocycles. The molecule has 2 rings (SSSR count). The van der Waals surface area contributed by atoms with E-state index in [0.717, 1.165) is 30.2 Å². The smallest absolute Gasteiger partial charge is 0.203 e. The Morgan fingerprint density at radius 3 is 2.03 bits per heavy atom. The lowest BCUT2D eigenvalue weighted by molar-refractivity contribution is 0.323. The largest absolute Gasteiger partial charge is 0.497 e. The molecule has 1 unspecified atom stereocenters. The van der Waals surface area contributed by atoms with Gasteiger partial charge in [-0.25, -0.2) is 0 Å². The molecular weight excluding hydrogens is 382 g/mol. The lowest BCUT2D eigenvalue weighted by atomic mass is 9.98. The molecule has 0 fully saturated rings. The fourth-order valence-corrected chi connectivity index (χ4v) is 3.15. The zero-order valence-corrected chi connectivity index (χ0v) is 18.7. The van der Waals surface area contributed by atoms with E-state index >= 15 is 0 Å². The molecule has 7 heteroatoms. The molecule has 0 aliphatic heterocycles. The Kier molecular flexibility index (Phi) is 9.12. The standard InChI is InChI=1S/C23H33N3O4/c1-16(18-7-9-19(27-3)10-8-18)11-12-25-23(24-2)26-15-17-13-20(28-4)22(30-6)21(14-17)29-5/h7-10,13-14,16H,11-12,15H2,1-6H3,(H2,24,25,26). The Hall–Kier alpha value is -3.09. The van der Waals surface area contributed by atoms with Crippen molar-refractivity contribution >= 4 is 5.96 Å². The summed E-state index contributed by atoms with van der Waals surface area (Å²) >= 11 is 0. The molecule has 2 aromatic rings. The first-order chi connectivity index (χ1) is 14.6. The van der Waals surface area contributed by atoms with Crippen LogP contribution in [0.5, 0.6) is 23.0 Å². The summed E-state index contributed by atoms with van der Waals surface area (Å²) in [6.45, 7) is 3.60. The molecule has 2 N–H and O–H groups in total. The van der Waals surface area contributed by atoms with Gasteiger partial charge >= 0.3 is 0 Å². The minimum absolute atomic E-state index is 0.427. The van der Waals surface area contributed by atoms with Crippen LogP contribution >= 0.6 is 0 Å². The van der Waals surface area contributed by atoms with Crippen LogP contribution in [-0.2, 0) is 6.54 Å². The maximum Gasteiger partial charge on any atom is 0.203 e. The normalized spacial score (nSPS) is 12.1. The second-order valence-corrected chi connectivity index (χ2v) is 6.85. The van der Waals surface area contributed by atoms with Crippen molar-refractivity contribution in [3.05, 3.63) is 47.5 Å². The van der Waals surface area contributed by atoms with E-state index < -0.39 is 0 Å². The number of benzene rings is 2. The van der Waals surface area contributed by atoms with Gasteiger partial charge in [0, 0.05) is 20.1 Å². The molecule has 0 aliphatic rings. The van der Waals surface area contributed by atoms with Gasteiger partial charge in [0.25, 0.3) is 0 Å². The van der Waals surface area contributed by atoms with Crippen LogP contribution < -0.4 is 29.6 Å². The summed E-state index contributed by atoms with van der Waals surface area (Å²) in [6, 6.07) is 12.1. The molecule has 30 heavy (non-hydrogen) atoms. The number of nitrogens with one attached hydrogen (secondary N) is 2. The van der Waals surface area contributed by atoms with Crippen molar-refractivity contribution < 1.29 is 18.9 Å². The van der Waals surface area contributed by atoms with E-state index in [0.29, 0.717) is 29.7 Å². The Bertz CT molecular complexity index is 797. The van der Waals surface area contributed by atoms with E-state index in [-0.39, 0.29) is 0 Å². The zero-order valence-electron chi connectivity index (χ0n) is 18.7. The maximum absolute atomic E-state index is 5.41. The SMILES string of the molecule is CN=C(NCCC(C)c1ccc(OC)cc1)NCc1cc(OC)c(OC)c(OC)c1. The van der Waals surface area contributed by atoms with Crippen LogP contribution in [0.3, 0.4) is 0 Å². The van der Waals surface area contributed by atoms with E-state index in [1.807, 2.05) is 24.3 Å². The van der Waals surface area contributed by atoms with Crippen LogP contribution in [0, 0.1) is 0 Å². The Balaban J connectivity index is 1.89. The highest BCUT2D eigenvalue weighted by Crippen LogP contribution is 2.38. The number of aliphatic imine (C=N–C) groups is 1. The molecular formula is C23H33N3O4. The summed E-state index contributed by atoms with van der Waals surface area (Å²) in [6.07, 6.45) is 0.983. The van der Waals surface area contributed by atoms with Gasteiger partial charge in [-0.2, -0.15) is 0 Å². The van der Waals surface area contributed by atoms with Gasteiger partial charge in [-0.05, 0) is 47.7 Å². The Labute approximate surface area is 179 Å². The van der Waals surface area contributed by atoms with Crippen LogP contribution in [-0.4, -0.2) is 48.0 Å². The lowest BCUT2D eigenvalue weighted by Gasteiger charge is -2.17. The van der Waals surface area contributed by atoms with Gasteiger partial charge < -0.3 is 29.6 Å². The highest BCUT2D eigenvalue weighted by molar-refractivity contribution is 5.79. The molecule has 164 valence electrons. The number of ether oxygens (including phenoxy) is 4. The Morgan fingerprint density at radius 1 is 0.900 bits per heavy atom. The minimum Gasteiger partial charge on any atom is -0.497 e. The summed E-state index contributed by atoms with van der Waals surface area (Å²) in [5.41, 5.74) is 2.29. The fourth-order valence-electron chi connectivity index (χ4n) is 3.15. The molecule has 0 radical (unpaired) electrons. The summed E-state index contributed by atoms with van der Waals surface area (Å²) in [5.74, 6) is 3.89. The van der Waals surface area contributed by atoms with Gasteiger partial charge in [0.15, 0.2) is 17.5 Å². The second-order valence-electron chi connectivity index (χ2n) is 6.85. The number of guanidine groups is 1. The average Bonchev–Trinajstić information content (AvgIpc) is 2.80. The van der Waals surface area contributed by atoms with Crippen molar-refractivity contribution in [3.8, 4) is 23.0 Å². The van der Waals surface area contributed by atoms with Gasteiger partial charge in [-0.3, -0.25) is 4.99 Å². The maximum atomic E-state index is 5.41. The van der Waals surface area contributed by atoms with Crippen LogP contribution in [0.1, 0.15) is 30.4 Å². The molecule has 0 saturated carbocycles. The lowest BCUT2D eigenvalue weighted by Crippen LogP contribution is -2.37. The summed E-state index contributed by atoms with van der Waals surface area (Å²) < 4.78 is 21.4. The van der Waals surface area contributed by atoms with E-state index in [9.17, 15) is 0 Å². The molecule has 0 bridgehead atoms. The molecule has 0 spiro atoms.